The summed E-state index contributed by atoms with van der Waals surface area (Å²) >= 11 is 1.35. The molecule has 0 saturated heterocycles. The van der Waals surface area contributed by atoms with E-state index < -0.39 is 5.97 Å². The van der Waals surface area contributed by atoms with Crippen LogP contribution in [-0.4, -0.2) is 31.7 Å². The van der Waals surface area contributed by atoms with E-state index in [0.717, 1.165) is 11.1 Å². The van der Waals surface area contributed by atoms with Crippen LogP contribution in [0, 0.1) is 0 Å². The zero-order valence-electron chi connectivity index (χ0n) is 12.2. The van der Waals surface area contributed by atoms with Gasteiger partial charge < -0.3 is 9.67 Å². The molecule has 22 heavy (non-hydrogen) atoms. The lowest BCUT2D eigenvalue weighted by molar-refractivity contribution is -0.131. The summed E-state index contributed by atoms with van der Waals surface area (Å²) in [7, 11) is 0. The van der Waals surface area contributed by atoms with Gasteiger partial charge in [0.1, 0.15) is 11.6 Å². The lowest BCUT2D eigenvalue weighted by atomic mass is 10.2. The maximum absolute atomic E-state index is 12.0. The molecule has 2 aromatic heterocycles. The second-order valence-electron chi connectivity index (χ2n) is 4.88. The van der Waals surface area contributed by atoms with E-state index in [1.807, 2.05) is 13.8 Å². The smallest absolute Gasteiger partial charge is 0.328 e. The highest BCUT2D eigenvalue weighted by atomic mass is 32.1. The first-order valence-electron chi connectivity index (χ1n) is 6.65. The quantitative estimate of drug-likeness (QED) is 0.795. The summed E-state index contributed by atoms with van der Waals surface area (Å²) in [5, 5.41) is 20.6. The number of carbonyl (C=O) groups excluding carboxylic acids is 1. The van der Waals surface area contributed by atoms with Crippen molar-refractivity contribution in [2.45, 2.75) is 26.3 Å². The molecule has 0 aliphatic rings. The number of anilines is 1. The number of carboxylic acids is 1. The Kier molecular flexibility index (Phi) is 5.05. The molecule has 0 fully saturated rings. The molecule has 2 heterocycles. The van der Waals surface area contributed by atoms with Crippen LogP contribution in [0.2, 0.25) is 0 Å². The Labute approximate surface area is 131 Å². The van der Waals surface area contributed by atoms with Gasteiger partial charge >= 0.3 is 5.97 Å². The highest BCUT2D eigenvalue weighted by molar-refractivity contribution is 7.15. The molecule has 0 aliphatic carbocycles. The highest BCUT2D eigenvalue weighted by Crippen LogP contribution is 2.22. The fourth-order valence-electron chi connectivity index (χ4n) is 1.71. The van der Waals surface area contributed by atoms with Gasteiger partial charge in [0, 0.05) is 23.9 Å². The van der Waals surface area contributed by atoms with E-state index in [0.29, 0.717) is 10.8 Å². The number of hydrogen-bond acceptors (Lipinski definition) is 5. The summed E-state index contributed by atoms with van der Waals surface area (Å²) in [4.78, 5) is 22.6. The molecule has 0 radical (unpaired) electrons. The van der Waals surface area contributed by atoms with Crippen molar-refractivity contribution in [2.75, 3.05) is 5.32 Å². The van der Waals surface area contributed by atoms with Gasteiger partial charge in [-0.3, -0.25) is 10.1 Å². The molecule has 0 aliphatic heterocycles. The molecule has 2 N–H and O–H groups in total. The summed E-state index contributed by atoms with van der Waals surface area (Å²) in [5.41, 5.74) is 0.637. The van der Waals surface area contributed by atoms with Gasteiger partial charge in [-0.05, 0) is 18.2 Å². The highest BCUT2D eigenvalue weighted by Gasteiger charge is 2.11. The minimum absolute atomic E-state index is 0.0723. The van der Waals surface area contributed by atoms with Crippen molar-refractivity contribution < 1.29 is 14.7 Å². The number of aliphatic carboxylic acids is 1. The van der Waals surface area contributed by atoms with Crippen LogP contribution >= 0.6 is 11.3 Å². The second-order valence-corrected chi connectivity index (χ2v) is 5.89. The summed E-state index contributed by atoms with van der Waals surface area (Å²) in [5.74, 6) is -1.01. The van der Waals surface area contributed by atoms with Crippen molar-refractivity contribution in [3.8, 4) is 0 Å². The Hall–Kier alpha value is -2.48. The molecule has 0 bridgehead atoms. The Morgan fingerprint density at radius 1 is 1.45 bits per heavy atom. The monoisotopic (exact) mass is 320 g/mol. The average molecular weight is 320 g/mol. The van der Waals surface area contributed by atoms with Crippen molar-refractivity contribution >= 4 is 34.4 Å². The maximum atomic E-state index is 12.0. The van der Waals surface area contributed by atoms with Crippen LogP contribution in [0.3, 0.4) is 0 Å². The zero-order chi connectivity index (χ0) is 16.1. The van der Waals surface area contributed by atoms with Gasteiger partial charge in [-0.15, -0.1) is 10.2 Å². The van der Waals surface area contributed by atoms with Crippen LogP contribution < -0.4 is 5.32 Å². The molecule has 7 nitrogen and oxygen atoms in total. The fraction of sp³-hybridized carbons (Fsp3) is 0.286. The normalized spacial score (nSPS) is 11.2. The molecule has 0 unspecified atom stereocenters. The lowest BCUT2D eigenvalue weighted by Gasteiger charge is -2.05. The number of nitrogens with zero attached hydrogens (tertiary/aromatic N) is 3. The van der Waals surface area contributed by atoms with E-state index in [-0.39, 0.29) is 18.4 Å². The number of aromatic nitrogens is 3. The fourth-order valence-corrected chi connectivity index (χ4v) is 2.47. The first kappa shape index (κ1) is 15.9. The van der Waals surface area contributed by atoms with Crippen LogP contribution in [0.15, 0.2) is 24.4 Å². The second kappa shape index (κ2) is 6.99. The Morgan fingerprint density at radius 2 is 2.23 bits per heavy atom. The van der Waals surface area contributed by atoms with Crippen molar-refractivity contribution in [3.63, 3.8) is 0 Å². The number of amides is 1. The molecule has 8 heteroatoms. The van der Waals surface area contributed by atoms with Crippen molar-refractivity contribution in [3.05, 3.63) is 35.1 Å². The first-order valence-corrected chi connectivity index (χ1v) is 7.46. The van der Waals surface area contributed by atoms with E-state index >= 15 is 0 Å². The number of carbonyl (C=O) groups is 2. The first-order chi connectivity index (χ1) is 10.5. The van der Waals surface area contributed by atoms with E-state index in [2.05, 4.69) is 15.5 Å². The third-order valence-corrected chi connectivity index (χ3v) is 3.90. The number of rotatable bonds is 6. The number of nitrogens with one attached hydrogen (secondary N) is 1. The molecule has 2 rings (SSSR count). The largest absolute Gasteiger partial charge is 0.478 e. The molecular formula is C14H16N4O3S. The van der Waals surface area contributed by atoms with E-state index in [4.69, 9.17) is 5.11 Å². The molecule has 0 spiro atoms. The third-order valence-electron chi connectivity index (χ3n) is 2.76. The number of carboxylic acid groups (broad SMARTS) is 1. The van der Waals surface area contributed by atoms with Crippen LogP contribution in [0.5, 0.6) is 0 Å². The van der Waals surface area contributed by atoms with Crippen molar-refractivity contribution in [2.24, 2.45) is 0 Å². The van der Waals surface area contributed by atoms with Crippen LogP contribution in [0.4, 0.5) is 5.13 Å². The molecule has 0 aromatic carbocycles. The average Bonchev–Trinajstić information content (AvgIpc) is 3.05. The van der Waals surface area contributed by atoms with Crippen molar-refractivity contribution in [1.29, 1.82) is 0 Å². The van der Waals surface area contributed by atoms with E-state index in [9.17, 15) is 9.59 Å². The number of hydrogen-bond donors (Lipinski definition) is 2. The van der Waals surface area contributed by atoms with Crippen LogP contribution in [0.25, 0.3) is 6.08 Å². The molecule has 116 valence electrons. The Balaban J connectivity index is 2.00. The summed E-state index contributed by atoms with van der Waals surface area (Å²) in [6.45, 7) is 4.09. The van der Waals surface area contributed by atoms with Gasteiger partial charge in [-0.1, -0.05) is 25.2 Å². The van der Waals surface area contributed by atoms with Gasteiger partial charge in [-0.25, -0.2) is 4.79 Å². The molecule has 1 amide bonds. The van der Waals surface area contributed by atoms with Gasteiger partial charge in [0.2, 0.25) is 11.0 Å². The minimum atomic E-state index is -1.03. The maximum Gasteiger partial charge on any atom is 0.328 e. The predicted molar refractivity (Wildman–Crippen MR) is 83.7 cm³/mol. The molecular weight excluding hydrogens is 304 g/mol. The Bertz CT molecular complexity index is 703. The summed E-state index contributed by atoms with van der Waals surface area (Å²) in [6, 6.07) is 3.48. The van der Waals surface area contributed by atoms with E-state index in [1.54, 1.807) is 22.9 Å². The van der Waals surface area contributed by atoms with Gasteiger partial charge in [0.05, 0.1) is 0 Å². The third kappa shape index (κ3) is 4.26. The SMILES string of the molecule is CC(C)c1nnc(NC(=O)Cn2cccc2/C=C/C(=O)O)s1. The van der Waals surface area contributed by atoms with Crippen LogP contribution in [-0.2, 0) is 16.1 Å². The summed E-state index contributed by atoms with van der Waals surface area (Å²) < 4.78 is 1.65. The van der Waals surface area contributed by atoms with Gasteiger partial charge in [0.15, 0.2) is 0 Å². The Morgan fingerprint density at radius 3 is 2.86 bits per heavy atom. The van der Waals surface area contributed by atoms with Crippen LogP contribution in [0.1, 0.15) is 30.5 Å². The summed E-state index contributed by atoms with van der Waals surface area (Å²) in [6.07, 6.45) is 4.18. The minimum Gasteiger partial charge on any atom is -0.478 e. The standard InChI is InChI=1S/C14H16N4O3S/c1-9(2)13-16-17-14(22-13)15-11(19)8-18-7-3-4-10(18)5-6-12(20)21/h3-7,9H,8H2,1-2H3,(H,20,21)(H,15,17,19)/b6-5+. The molecule has 2 aromatic rings. The lowest BCUT2D eigenvalue weighted by Crippen LogP contribution is -2.18. The molecule has 0 atom stereocenters. The zero-order valence-corrected chi connectivity index (χ0v) is 13.0. The predicted octanol–water partition coefficient (Wildman–Crippen LogP) is 2.20. The topological polar surface area (TPSA) is 97.1 Å². The van der Waals surface area contributed by atoms with E-state index in [1.165, 1.54) is 17.4 Å². The van der Waals surface area contributed by atoms with Gasteiger partial charge in [0.25, 0.3) is 0 Å². The molecule has 0 saturated carbocycles. The van der Waals surface area contributed by atoms with Gasteiger partial charge in [-0.2, -0.15) is 0 Å². The van der Waals surface area contributed by atoms with Crippen molar-refractivity contribution in [1.82, 2.24) is 14.8 Å².